The van der Waals surface area contributed by atoms with Crippen LogP contribution < -0.4 is 20.3 Å². The van der Waals surface area contributed by atoms with Gasteiger partial charge in [-0.25, -0.2) is 9.97 Å². The van der Waals surface area contributed by atoms with Crippen LogP contribution in [0.3, 0.4) is 0 Å². The zero-order chi connectivity index (χ0) is 22.0. The van der Waals surface area contributed by atoms with Gasteiger partial charge in [0.15, 0.2) is 0 Å². The van der Waals surface area contributed by atoms with Gasteiger partial charge in [-0.15, -0.1) is 0 Å². The van der Waals surface area contributed by atoms with Gasteiger partial charge in [0.25, 0.3) is 0 Å². The predicted molar refractivity (Wildman–Crippen MR) is 120 cm³/mol. The summed E-state index contributed by atoms with van der Waals surface area (Å²) >= 11 is 0. The maximum absolute atomic E-state index is 12.3. The first kappa shape index (κ1) is 20.6. The van der Waals surface area contributed by atoms with Gasteiger partial charge in [0, 0.05) is 37.5 Å². The Labute approximate surface area is 181 Å². The SMILES string of the molecule is CC[C@H]1C(=O)Nc2c(cc(NCc3cnn(Cc4cccc(OC)n4)c3)nc2C)N1C. The van der Waals surface area contributed by atoms with Gasteiger partial charge < -0.3 is 20.3 Å². The van der Waals surface area contributed by atoms with E-state index >= 15 is 0 Å². The van der Waals surface area contributed by atoms with E-state index in [0.717, 1.165) is 40.6 Å². The number of methoxy groups -OCH3 is 1. The summed E-state index contributed by atoms with van der Waals surface area (Å²) in [4.78, 5) is 23.4. The van der Waals surface area contributed by atoms with Crippen LogP contribution in [-0.2, 0) is 17.9 Å². The lowest BCUT2D eigenvalue weighted by Crippen LogP contribution is -2.45. The van der Waals surface area contributed by atoms with E-state index in [-0.39, 0.29) is 11.9 Å². The predicted octanol–water partition coefficient (Wildman–Crippen LogP) is 2.82. The average Bonchev–Trinajstić information content (AvgIpc) is 3.21. The van der Waals surface area contributed by atoms with Crippen LogP contribution in [0.2, 0.25) is 0 Å². The van der Waals surface area contributed by atoms with E-state index in [1.165, 1.54) is 0 Å². The zero-order valence-electron chi connectivity index (χ0n) is 18.2. The van der Waals surface area contributed by atoms with Gasteiger partial charge in [-0.1, -0.05) is 13.0 Å². The summed E-state index contributed by atoms with van der Waals surface area (Å²) in [5.41, 5.74) is 4.45. The molecule has 1 atom stereocenters. The molecule has 0 spiro atoms. The van der Waals surface area contributed by atoms with Crippen LogP contribution in [0.4, 0.5) is 17.2 Å². The minimum atomic E-state index is -0.175. The molecule has 31 heavy (non-hydrogen) atoms. The van der Waals surface area contributed by atoms with Crippen molar-refractivity contribution in [2.45, 2.75) is 39.4 Å². The summed E-state index contributed by atoms with van der Waals surface area (Å²) in [5, 5.41) is 10.8. The van der Waals surface area contributed by atoms with Gasteiger partial charge in [-0.2, -0.15) is 5.10 Å². The second-order valence-corrected chi connectivity index (χ2v) is 7.58. The summed E-state index contributed by atoms with van der Waals surface area (Å²) in [7, 11) is 3.56. The standard InChI is InChI=1S/C22H27N7O2/c1-5-17-22(30)27-21-14(2)25-19(9-18(21)28(17)3)23-10-15-11-24-29(12-15)13-16-7-6-8-20(26-16)31-4/h6-9,11-12,17H,5,10,13H2,1-4H3,(H,23,25)(H,27,30)/t17-/m0/s1. The Kier molecular flexibility index (Phi) is 5.75. The highest BCUT2D eigenvalue weighted by atomic mass is 16.5. The van der Waals surface area contributed by atoms with Gasteiger partial charge >= 0.3 is 0 Å². The second kappa shape index (κ2) is 8.63. The van der Waals surface area contributed by atoms with E-state index in [1.807, 2.05) is 67.1 Å². The minimum absolute atomic E-state index is 0.0149. The number of rotatable bonds is 7. The second-order valence-electron chi connectivity index (χ2n) is 7.58. The Bertz CT molecular complexity index is 1100. The summed E-state index contributed by atoms with van der Waals surface area (Å²) in [6.07, 6.45) is 4.56. The van der Waals surface area contributed by atoms with Crippen molar-refractivity contribution in [3.63, 3.8) is 0 Å². The van der Waals surface area contributed by atoms with Crippen molar-refractivity contribution in [2.24, 2.45) is 0 Å². The van der Waals surface area contributed by atoms with Gasteiger partial charge in [0.05, 0.1) is 42.6 Å². The third-order valence-corrected chi connectivity index (χ3v) is 5.44. The van der Waals surface area contributed by atoms with Crippen LogP contribution in [0.1, 0.15) is 30.3 Å². The maximum Gasteiger partial charge on any atom is 0.247 e. The molecule has 9 nitrogen and oxygen atoms in total. The van der Waals surface area contributed by atoms with E-state index in [1.54, 1.807) is 7.11 Å². The monoisotopic (exact) mass is 421 g/mol. The third kappa shape index (κ3) is 4.30. The van der Waals surface area contributed by atoms with E-state index in [2.05, 4.69) is 25.7 Å². The van der Waals surface area contributed by atoms with Crippen molar-refractivity contribution in [3.8, 4) is 5.88 Å². The molecule has 0 aliphatic carbocycles. The first-order chi connectivity index (χ1) is 15.0. The number of likely N-dealkylation sites (N-methyl/N-ethyl adjacent to an activating group) is 1. The number of carbonyl (C=O) groups excluding carboxylic acids is 1. The first-order valence-electron chi connectivity index (χ1n) is 10.3. The van der Waals surface area contributed by atoms with Crippen molar-refractivity contribution in [3.05, 3.63) is 53.6 Å². The maximum atomic E-state index is 12.3. The van der Waals surface area contributed by atoms with Crippen molar-refractivity contribution < 1.29 is 9.53 Å². The van der Waals surface area contributed by atoms with Crippen LogP contribution in [-0.4, -0.2) is 45.9 Å². The van der Waals surface area contributed by atoms with Crippen molar-refractivity contribution in [1.29, 1.82) is 0 Å². The molecule has 3 aromatic heterocycles. The Hall–Kier alpha value is -3.62. The third-order valence-electron chi connectivity index (χ3n) is 5.44. The molecule has 0 saturated heterocycles. The highest BCUT2D eigenvalue weighted by Gasteiger charge is 2.30. The number of hydrogen-bond donors (Lipinski definition) is 2. The molecule has 3 aromatic rings. The Morgan fingerprint density at radius 2 is 2.13 bits per heavy atom. The number of anilines is 3. The Morgan fingerprint density at radius 1 is 1.29 bits per heavy atom. The molecule has 1 amide bonds. The van der Waals surface area contributed by atoms with Crippen molar-refractivity contribution in [2.75, 3.05) is 29.7 Å². The molecule has 0 fully saturated rings. The molecule has 1 aliphatic rings. The Morgan fingerprint density at radius 3 is 2.90 bits per heavy atom. The van der Waals surface area contributed by atoms with Crippen LogP contribution in [0, 0.1) is 6.92 Å². The normalized spacial score (nSPS) is 15.4. The fraction of sp³-hybridized carbons (Fsp3) is 0.364. The number of hydrogen-bond acceptors (Lipinski definition) is 7. The van der Waals surface area contributed by atoms with Gasteiger partial charge in [-0.05, 0) is 19.4 Å². The van der Waals surface area contributed by atoms with Crippen molar-refractivity contribution >= 4 is 23.1 Å². The lowest BCUT2D eigenvalue weighted by Gasteiger charge is -2.35. The topological polar surface area (TPSA) is 97.2 Å². The number of carbonyl (C=O) groups is 1. The molecule has 162 valence electrons. The van der Waals surface area contributed by atoms with E-state index in [4.69, 9.17) is 4.74 Å². The highest BCUT2D eigenvalue weighted by molar-refractivity contribution is 6.04. The van der Waals surface area contributed by atoms with Gasteiger partial charge in [0.1, 0.15) is 11.9 Å². The van der Waals surface area contributed by atoms with E-state index in [0.29, 0.717) is 19.0 Å². The zero-order valence-corrected chi connectivity index (χ0v) is 18.2. The van der Waals surface area contributed by atoms with Crippen molar-refractivity contribution in [1.82, 2.24) is 19.7 Å². The number of fused-ring (bicyclic) bond motifs is 1. The number of pyridine rings is 2. The number of ether oxygens (including phenoxy) is 1. The number of aromatic nitrogens is 4. The summed E-state index contributed by atoms with van der Waals surface area (Å²) in [6.45, 7) is 5.07. The minimum Gasteiger partial charge on any atom is -0.481 e. The summed E-state index contributed by atoms with van der Waals surface area (Å²) < 4.78 is 7.02. The molecule has 9 heteroatoms. The molecule has 2 N–H and O–H groups in total. The molecule has 4 heterocycles. The van der Waals surface area contributed by atoms with Gasteiger partial charge in [0.2, 0.25) is 11.8 Å². The summed E-state index contributed by atoms with van der Waals surface area (Å²) in [6, 6.07) is 7.49. The first-order valence-corrected chi connectivity index (χ1v) is 10.3. The number of aryl methyl sites for hydroxylation is 1. The number of amides is 1. The summed E-state index contributed by atoms with van der Waals surface area (Å²) in [5.74, 6) is 1.37. The quantitative estimate of drug-likeness (QED) is 0.605. The fourth-order valence-electron chi connectivity index (χ4n) is 3.79. The molecule has 0 saturated carbocycles. The lowest BCUT2D eigenvalue weighted by atomic mass is 10.1. The highest BCUT2D eigenvalue weighted by Crippen LogP contribution is 2.35. The molecule has 0 unspecified atom stereocenters. The average molecular weight is 422 g/mol. The number of nitrogens with zero attached hydrogens (tertiary/aromatic N) is 5. The van der Waals surface area contributed by atoms with Crippen LogP contribution in [0.5, 0.6) is 5.88 Å². The van der Waals surface area contributed by atoms with E-state index < -0.39 is 0 Å². The van der Waals surface area contributed by atoms with Crippen LogP contribution in [0.15, 0.2) is 36.7 Å². The molecular weight excluding hydrogens is 394 g/mol. The Balaban J connectivity index is 1.45. The lowest BCUT2D eigenvalue weighted by molar-refractivity contribution is -0.117. The fourth-order valence-corrected chi connectivity index (χ4v) is 3.79. The van der Waals surface area contributed by atoms with E-state index in [9.17, 15) is 4.79 Å². The molecular formula is C22H27N7O2. The smallest absolute Gasteiger partial charge is 0.247 e. The molecule has 0 aromatic carbocycles. The largest absolute Gasteiger partial charge is 0.481 e. The molecule has 0 radical (unpaired) electrons. The van der Waals surface area contributed by atoms with Crippen LogP contribution >= 0.6 is 0 Å². The molecule has 4 rings (SSSR count). The molecule has 1 aliphatic heterocycles. The van der Waals surface area contributed by atoms with Gasteiger partial charge in [-0.3, -0.25) is 9.48 Å². The number of nitrogens with one attached hydrogen (secondary N) is 2. The van der Waals surface area contributed by atoms with Crippen LogP contribution in [0.25, 0.3) is 0 Å². The molecule has 0 bridgehead atoms.